The van der Waals surface area contributed by atoms with Gasteiger partial charge in [-0.3, -0.25) is 0 Å². The van der Waals surface area contributed by atoms with Gasteiger partial charge in [0.15, 0.2) is 4.67 Å². The zero-order valence-corrected chi connectivity index (χ0v) is 12.6. The van der Waals surface area contributed by atoms with Gasteiger partial charge in [-0.2, -0.15) is 0 Å². The van der Waals surface area contributed by atoms with E-state index in [0.29, 0.717) is 10.2 Å². The van der Waals surface area contributed by atoms with E-state index in [1.165, 1.54) is 0 Å². The Hall–Kier alpha value is -1.13. The van der Waals surface area contributed by atoms with E-state index in [0.717, 1.165) is 24.3 Å². The van der Waals surface area contributed by atoms with Gasteiger partial charge in [0, 0.05) is 0 Å². The zero-order chi connectivity index (χ0) is 13.8. The van der Waals surface area contributed by atoms with E-state index < -0.39 is 0 Å². The molecule has 0 amide bonds. The van der Waals surface area contributed by atoms with Crippen molar-refractivity contribution in [3.8, 4) is 0 Å². The molecule has 0 saturated heterocycles. The van der Waals surface area contributed by atoms with Crippen molar-refractivity contribution < 1.29 is 8.81 Å². The van der Waals surface area contributed by atoms with Crippen LogP contribution in [0.15, 0.2) is 39.4 Å². The molecule has 1 aromatic heterocycles. The lowest BCUT2D eigenvalue weighted by Crippen LogP contribution is -2.23. The molecule has 4 heteroatoms. The molecule has 2 aromatic rings. The first kappa shape index (κ1) is 14.3. The molecule has 0 saturated carbocycles. The predicted octanol–water partition coefficient (Wildman–Crippen LogP) is 4.58. The molecule has 0 aliphatic heterocycles. The van der Waals surface area contributed by atoms with Crippen molar-refractivity contribution in [3.05, 3.63) is 57.7 Å². The second-order valence-corrected chi connectivity index (χ2v) is 5.32. The largest absolute Gasteiger partial charge is 0.452 e. The molecule has 1 atom stereocenters. The van der Waals surface area contributed by atoms with Gasteiger partial charge in [-0.05, 0) is 65.1 Å². The van der Waals surface area contributed by atoms with Crippen LogP contribution >= 0.6 is 15.9 Å². The Morgan fingerprint density at radius 2 is 2.11 bits per heavy atom. The summed E-state index contributed by atoms with van der Waals surface area (Å²) in [6.07, 6.45) is 1.01. The molecule has 0 spiro atoms. The Balaban J connectivity index is 2.33. The second-order valence-electron chi connectivity index (χ2n) is 4.54. The van der Waals surface area contributed by atoms with Gasteiger partial charge < -0.3 is 9.73 Å². The molecule has 1 aromatic carbocycles. The van der Waals surface area contributed by atoms with Crippen LogP contribution in [0.25, 0.3) is 0 Å². The molecule has 0 aliphatic carbocycles. The van der Waals surface area contributed by atoms with Crippen molar-refractivity contribution in [2.45, 2.75) is 26.3 Å². The van der Waals surface area contributed by atoms with Crippen molar-refractivity contribution in [2.24, 2.45) is 0 Å². The average Bonchev–Trinajstić information content (AvgIpc) is 2.80. The number of rotatable bonds is 5. The highest BCUT2D eigenvalue weighted by Gasteiger charge is 2.18. The van der Waals surface area contributed by atoms with Crippen LogP contribution in [0.3, 0.4) is 0 Å². The highest BCUT2D eigenvalue weighted by molar-refractivity contribution is 9.10. The predicted molar refractivity (Wildman–Crippen MR) is 77.7 cm³/mol. The summed E-state index contributed by atoms with van der Waals surface area (Å²) in [7, 11) is 0. The average molecular weight is 326 g/mol. The summed E-state index contributed by atoms with van der Waals surface area (Å²) < 4.78 is 20.0. The van der Waals surface area contributed by atoms with Crippen LogP contribution in [0, 0.1) is 12.7 Å². The van der Waals surface area contributed by atoms with Crippen molar-refractivity contribution in [2.75, 3.05) is 6.54 Å². The zero-order valence-electron chi connectivity index (χ0n) is 11.0. The fourth-order valence-electron chi connectivity index (χ4n) is 1.94. The summed E-state index contributed by atoms with van der Waals surface area (Å²) in [5.41, 5.74) is 1.53. The molecule has 1 unspecified atom stereocenters. The molecule has 0 aliphatic rings. The van der Waals surface area contributed by atoms with E-state index in [9.17, 15) is 4.39 Å². The maximum absolute atomic E-state index is 13.7. The third-order valence-electron chi connectivity index (χ3n) is 3.01. The SMILES string of the molecule is CCCNC(c1ccc(C)c(F)c1)c1ccc(Br)o1. The molecule has 102 valence electrons. The van der Waals surface area contributed by atoms with E-state index in [-0.39, 0.29) is 11.9 Å². The Kier molecular flexibility index (Phi) is 4.77. The highest BCUT2D eigenvalue weighted by atomic mass is 79.9. The van der Waals surface area contributed by atoms with Gasteiger partial charge in [-0.15, -0.1) is 0 Å². The van der Waals surface area contributed by atoms with E-state index in [1.807, 2.05) is 18.2 Å². The van der Waals surface area contributed by atoms with Crippen molar-refractivity contribution in [3.63, 3.8) is 0 Å². The van der Waals surface area contributed by atoms with Crippen molar-refractivity contribution >= 4 is 15.9 Å². The van der Waals surface area contributed by atoms with Crippen LogP contribution in [0.2, 0.25) is 0 Å². The minimum Gasteiger partial charge on any atom is -0.452 e. The molecule has 0 radical (unpaired) electrons. The van der Waals surface area contributed by atoms with Gasteiger partial charge in [0.05, 0.1) is 6.04 Å². The molecular weight excluding hydrogens is 309 g/mol. The molecule has 1 heterocycles. The summed E-state index contributed by atoms with van der Waals surface area (Å²) in [6, 6.07) is 8.92. The van der Waals surface area contributed by atoms with Gasteiger partial charge in [-0.1, -0.05) is 19.1 Å². The van der Waals surface area contributed by atoms with Gasteiger partial charge in [0.1, 0.15) is 11.6 Å². The first-order valence-electron chi connectivity index (χ1n) is 6.36. The number of hydrogen-bond donors (Lipinski definition) is 1. The third-order valence-corrected chi connectivity index (χ3v) is 3.43. The minimum absolute atomic E-state index is 0.124. The maximum atomic E-state index is 13.7. The van der Waals surface area contributed by atoms with Gasteiger partial charge in [0.2, 0.25) is 0 Å². The van der Waals surface area contributed by atoms with Crippen LogP contribution < -0.4 is 5.32 Å². The van der Waals surface area contributed by atoms with E-state index in [1.54, 1.807) is 19.1 Å². The molecule has 0 bridgehead atoms. The molecule has 2 rings (SSSR count). The third kappa shape index (κ3) is 3.45. The van der Waals surface area contributed by atoms with Gasteiger partial charge in [-0.25, -0.2) is 4.39 Å². The first-order valence-corrected chi connectivity index (χ1v) is 7.15. The summed E-state index contributed by atoms with van der Waals surface area (Å²) in [4.78, 5) is 0. The topological polar surface area (TPSA) is 25.2 Å². The van der Waals surface area contributed by atoms with Crippen LogP contribution in [0.5, 0.6) is 0 Å². The van der Waals surface area contributed by atoms with Gasteiger partial charge in [0.25, 0.3) is 0 Å². The summed E-state index contributed by atoms with van der Waals surface area (Å²) in [5.74, 6) is 0.593. The Bertz CT molecular complexity index is 553. The maximum Gasteiger partial charge on any atom is 0.169 e. The van der Waals surface area contributed by atoms with Crippen LogP contribution in [-0.2, 0) is 0 Å². The summed E-state index contributed by atoms with van der Waals surface area (Å²) >= 11 is 3.30. The number of benzene rings is 1. The number of hydrogen-bond acceptors (Lipinski definition) is 2. The molecular formula is C15H17BrFNO. The number of halogens is 2. The number of nitrogens with one attached hydrogen (secondary N) is 1. The van der Waals surface area contributed by atoms with E-state index in [2.05, 4.69) is 28.2 Å². The highest BCUT2D eigenvalue weighted by Crippen LogP contribution is 2.27. The van der Waals surface area contributed by atoms with Crippen LogP contribution in [0.1, 0.15) is 36.3 Å². The Morgan fingerprint density at radius 3 is 2.68 bits per heavy atom. The fraction of sp³-hybridized carbons (Fsp3) is 0.333. The minimum atomic E-state index is -0.188. The van der Waals surface area contributed by atoms with Crippen molar-refractivity contribution in [1.82, 2.24) is 5.32 Å². The van der Waals surface area contributed by atoms with E-state index >= 15 is 0 Å². The summed E-state index contributed by atoms with van der Waals surface area (Å²) in [6.45, 7) is 4.70. The molecule has 19 heavy (non-hydrogen) atoms. The number of furan rings is 1. The van der Waals surface area contributed by atoms with Crippen LogP contribution in [0.4, 0.5) is 4.39 Å². The fourth-order valence-corrected chi connectivity index (χ4v) is 2.26. The second kappa shape index (κ2) is 6.35. The monoisotopic (exact) mass is 325 g/mol. The molecule has 2 nitrogen and oxygen atoms in total. The van der Waals surface area contributed by atoms with Gasteiger partial charge >= 0.3 is 0 Å². The normalized spacial score (nSPS) is 12.6. The molecule has 1 N–H and O–H groups in total. The first-order chi connectivity index (χ1) is 9.11. The smallest absolute Gasteiger partial charge is 0.169 e. The van der Waals surface area contributed by atoms with Crippen molar-refractivity contribution in [1.29, 1.82) is 0 Å². The van der Waals surface area contributed by atoms with E-state index in [4.69, 9.17) is 4.42 Å². The molecule has 0 fully saturated rings. The number of aryl methyl sites for hydroxylation is 1. The Morgan fingerprint density at radius 1 is 1.32 bits per heavy atom. The lowest BCUT2D eigenvalue weighted by molar-refractivity contribution is 0.432. The lowest BCUT2D eigenvalue weighted by Gasteiger charge is -2.17. The summed E-state index contributed by atoms with van der Waals surface area (Å²) in [5, 5.41) is 3.38. The lowest BCUT2D eigenvalue weighted by atomic mass is 10.0. The quantitative estimate of drug-likeness (QED) is 0.870. The standard InChI is InChI=1S/C15H17BrFNO/c1-3-8-18-15(13-6-7-14(16)19-13)11-5-4-10(2)12(17)9-11/h4-7,9,15,18H,3,8H2,1-2H3. The Labute approximate surface area is 121 Å². The van der Waals surface area contributed by atoms with Crippen LogP contribution in [-0.4, -0.2) is 6.54 Å².